The number of aromatic nitrogens is 2. The Morgan fingerprint density at radius 2 is 1.91 bits per heavy atom. The molecule has 7 atom stereocenters. The average Bonchev–Trinajstić information content (AvgIpc) is 3.29. The number of ketones is 1. The number of Topliss-reactive ketones (excluding diaryl/α,β-unsaturated/α-hetero) is 1. The molecule has 184 valence electrons. The fraction of sp³-hybridized carbons (Fsp3) is 0.731. The highest BCUT2D eigenvalue weighted by Crippen LogP contribution is 2.65. The second-order valence-corrected chi connectivity index (χ2v) is 11.4. The number of nitrogens with zero attached hydrogens (tertiary/aromatic N) is 2. The predicted molar refractivity (Wildman–Crippen MR) is 121 cm³/mol. The molecule has 1 heterocycles. The van der Waals surface area contributed by atoms with Crippen LogP contribution < -0.4 is 0 Å². The molecule has 0 aromatic carbocycles. The number of carbonyl (C=O) groups is 4. The third-order valence-corrected chi connectivity index (χ3v) is 9.71. The van der Waals surface area contributed by atoms with Gasteiger partial charge in [0.1, 0.15) is 0 Å². The van der Waals surface area contributed by atoms with Gasteiger partial charge in [0.15, 0.2) is 18.5 Å². The molecule has 0 radical (unpaired) electrons. The van der Waals surface area contributed by atoms with E-state index in [9.17, 15) is 19.2 Å². The van der Waals surface area contributed by atoms with E-state index in [0.717, 1.165) is 44.2 Å². The summed E-state index contributed by atoms with van der Waals surface area (Å²) in [4.78, 5) is 48.6. The number of ether oxygens (including phenoxy) is 2. The number of fused-ring (bicyclic) bond motifs is 6. The first kappa shape index (κ1) is 23.2. The molecule has 4 aliphatic carbocycles. The van der Waals surface area contributed by atoms with Crippen molar-refractivity contribution in [3.63, 3.8) is 0 Å². The lowest BCUT2D eigenvalue weighted by atomic mass is 9.45. The van der Waals surface area contributed by atoms with Crippen LogP contribution in [0.1, 0.15) is 75.9 Å². The summed E-state index contributed by atoms with van der Waals surface area (Å²) in [5.41, 5.74) is 1.89. The molecule has 0 spiro atoms. The first-order valence-electron chi connectivity index (χ1n) is 12.5. The monoisotopic (exact) mass is 470 g/mol. The molecule has 5 rings (SSSR count). The third kappa shape index (κ3) is 3.43. The Kier molecular flexibility index (Phi) is 5.48. The van der Waals surface area contributed by atoms with Gasteiger partial charge in [-0.2, -0.15) is 5.10 Å². The third-order valence-electron chi connectivity index (χ3n) is 9.71. The molecule has 1 aromatic rings. The molecule has 0 bridgehead atoms. The fourth-order valence-electron chi connectivity index (χ4n) is 8.05. The van der Waals surface area contributed by atoms with Crippen molar-refractivity contribution in [3.05, 3.63) is 17.5 Å². The van der Waals surface area contributed by atoms with Crippen molar-refractivity contribution in [1.29, 1.82) is 0 Å². The van der Waals surface area contributed by atoms with Crippen molar-refractivity contribution in [2.45, 2.75) is 78.7 Å². The Morgan fingerprint density at radius 1 is 1.15 bits per heavy atom. The van der Waals surface area contributed by atoms with Crippen molar-refractivity contribution in [2.75, 3.05) is 6.61 Å². The Bertz CT molecular complexity index is 1060. The van der Waals surface area contributed by atoms with E-state index < -0.39 is 30.1 Å². The van der Waals surface area contributed by atoms with Crippen LogP contribution in [-0.4, -0.2) is 46.1 Å². The Labute approximate surface area is 199 Å². The standard InChI is InChI=1S/C26H34N2O6/c1-14(29)28-21-9-17-5-6-18-19(26(17,4)11-16(21)12-27-28)7-8-25(3)20(18)10-22(24(25)32)34-23(31)13-33-15(2)30/h12,17-20,22H,5-11,13H2,1-4H3/t17-,18+,19-,20-,22-,25-,26-/m0/s1. The molecule has 3 saturated carbocycles. The number of carbonyl (C=O) groups excluding carboxylic acids is 4. The molecule has 8 nitrogen and oxygen atoms in total. The van der Waals surface area contributed by atoms with Gasteiger partial charge in [-0.05, 0) is 79.6 Å². The molecule has 0 N–H and O–H groups in total. The number of rotatable bonds is 3. The zero-order chi connectivity index (χ0) is 24.4. The fourth-order valence-corrected chi connectivity index (χ4v) is 8.05. The lowest BCUT2D eigenvalue weighted by Crippen LogP contribution is -2.54. The van der Waals surface area contributed by atoms with E-state index in [1.165, 1.54) is 12.5 Å². The Morgan fingerprint density at radius 3 is 2.62 bits per heavy atom. The van der Waals surface area contributed by atoms with Gasteiger partial charge in [-0.1, -0.05) is 13.8 Å². The Hall–Kier alpha value is -2.51. The summed E-state index contributed by atoms with van der Waals surface area (Å²) < 4.78 is 11.8. The summed E-state index contributed by atoms with van der Waals surface area (Å²) in [6.45, 7) is 6.80. The first-order chi connectivity index (χ1) is 16.0. The van der Waals surface area contributed by atoms with Crippen LogP contribution in [0.4, 0.5) is 0 Å². The van der Waals surface area contributed by atoms with Crippen molar-refractivity contribution in [2.24, 2.45) is 34.5 Å². The summed E-state index contributed by atoms with van der Waals surface area (Å²) in [5.74, 6) is 0.350. The van der Waals surface area contributed by atoms with Crippen molar-refractivity contribution < 1.29 is 28.7 Å². The van der Waals surface area contributed by atoms with Crippen LogP contribution in [0.25, 0.3) is 0 Å². The smallest absolute Gasteiger partial charge is 0.344 e. The normalized spacial score (nSPS) is 38.2. The van der Waals surface area contributed by atoms with Crippen molar-refractivity contribution in [1.82, 2.24) is 9.78 Å². The highest BCUT2D eigenvalue weighted by atomic mass is 16.6. The van der Waals surface area contributed by atoms with Gasteiger partial charge in [-0.25, -0.2) is 9.48 Å². The minimum absolute atomic E-state index is 0.0214. The number of hydrogen-bond donors (Lipinski definition) is 0. The van der Waals surface area contributed by atoms with Crippen LogP contribution in [0, 0.1) is 34.5 Å². The topological polar surface area (TPSA) is 105 Å². The minimum atomic E-state index is -0.755. The predicted octanol–water partition coefficient (Wildman–Crippen LogP) is 3.15. The highest BCUT2D eigenvalue weighted by Gasteiger charge is 2.63. The second-order valence-electron chi connectivity index (χ2n) is 11.4. The maximum Gasteiger partial charge on any atom is 0.344 e. The van der Waals surface area contributed by atoms with Gasteiger partial charge in [0, 0.05) is 19.3 Å². The van der Waals surface area contributed by atoms with Crippen molar-refractivity contribution >= 4 is 23.6 Å². The van der Waals surface area contributed by atoms with E-state index in [0.29, 0.717) is 24.2 Å². The molecular formula is C26H34N2O6. The van der Waals surface area contributed by atoms with Crippen LogP contribution >= 0.6 is 0 Å². The van der Waals surface area contributed by atoms with E-state index in [2.05, 4.69) is 18.9 Å². The zero-order valence-corrected chi connectivity index (χ0v) is 20.5. The first-order valence-corrected chi connectivity index (χ1v) is 12.5. The largest absolute Gasteiger partial charge is 0.454 e. The van der Waals surface area contributed by atoms with E-state index in [4.69, 9.17) is 9.47 Å². The summed E-state index contributed by atoms with van der Waals surface area (Å²) in [6.07, 6.45) is 7.37. The molecule has 0 aliphatic heterocycles. The van der Waals surface area contributed by atoms with Gasteiger partial charge in [0.25, 0.3) is 0 Å². The number of esters is 2. The van der Waals surface area contributed by atoms with Crippen molar-refractivity contribution in [3.8, 4) is 0 Å². The second kappa shape index (κ2) is 8.02. The van der Waals surface area contributed by atoms with E-state index in [1.807, 2.05) is 6.20 Å². The van der Waals surface area contributed by atoms with Gasteiger partial charge in [0.2, 0.25) is 5.91 Å². The highest BCUT2D eigenvalue weighted by molar-refractivity contribution is 5.93. The zero-order valence-electron chi connectivity index (χ0n) is 20.5. The summed E-state index contributed by atoms with van der Waals surface area (Å²) >= 11 is 0. The number of hydrogen-bond acceptors (Lipinski definition) is 7. The van der Waals surface area contributed by atoms with E-state index >= 15 is 0 Å². The molecule has 3 fully saturated rings. The van der Waals surface area contributed by atoms with Gasteiger partial charge in [-0.3, -0.25) is 14.4 Å². The van der Waals surface area contributed by atoms with Crippen LogP contribution in [-0.2, 0) is 36.7 Å². The molecular weight excluding hydrogens is 436 g/mol. The quantitative estimate of drug-likeness (QED) is 0.625. The van der Waals surface area contributed by atoms with Crippen LogP contribution in [0.2, 0.25) is 0 Å². The van der Waals surface area contributed by atoms with Gasteiger partial charge in [-0.15, -0.1) is 0 Å². The van der Waals surface area contributed by atoms with E-state index in [1.54, 1.807) is 11.6 Å². The van der Waals surface area contributed by atoms with Gasteiger partial charge in [0.05, 0.1) is 11.9 Å². The minimum Gasteiger partial charge on any atom is -0.454 e. The van der Waals surface area contributed by atoms with Crippen LogP contribution in [0.15, 0.2) is 6.20 Å². The lowest BCUT2D eigenvalue weighted by molar-refractivity contribution is -0.164. The molecule has 34 heavy (non-hydrogen) atoms. The molecule has 0 saturated heterocycles. The maximum atomic E-state index is 13.4. The summed E-state index contributed by atoms with van der Waals surface area (Å²) in [5, 5.41) is 4.37. The molecule has 8 heteroatoms. The van der Waals surface area contributed by atoms with Crippen LogP contribution in [0.5, 0.6) is 0 Å². The summed E-state index contributed by atoms with van der Waals surface area (Å²) in [7, 11) is 0. The lowest BCUT2D eigenvalue weighted by Gasteiger charge is -2.59. The molecule has 0 unspecified atom stereocenters. The average molecular weight is 471 g/mol. The van der Waals surface area contributed by atoms with Gasteiger partial charge < -0.3 is 9.47 Å². The SMILES string of the molecule is CC(=O)OCC(=O)O[C@H]1C[C@H]2[C@@H]3CC[C@H]4Cc5c(cnn5C(C)=O)C[C@]4(C)[C@H]3CC[C@]2(C)C1=O. The molecule has 1 aromatic heterocycles. The molecule has 4 aliphatic rings. The van der Waals surface area contributed by atoms with Gasteiger partial charge >= 0.3 is 11.9 Å². The molecule has 0 amide bonds. The van der Waals surface area contributed by atoms with Crippen LogP contribution in [0.3, 0.4) is 0 Å². The Balaban J connectivity index is 1.36. The summed E-state index contributed by atoms with van der Waals surface area (Å²) in [6, 6.07) is 0. The van der Waals surface area contributed by atoms with E-state index in [-0.39, 0.29) is 23.0 Å². The maximum absolute atomic E-state index is 13.4.